The lowest BCUT2D eigenvalue weighted by molar-refractivity contribution is 0.140. The molecule has 0 radical (unpaired) electrons. The van der Waals surface area contributed by atoms with E-state index in [0.29, 0.717) is 5.69 Å². The molecule has 0 unspecified atom stereocenters. The van der Waals surface area contributed by atoms with Crippen molar-refractivity contribution in [2.45, 2.75) is 26.2 Å². The van der Waals surface area contributed by atoms with Gasteiger partial charge in [0, 0.05) is 6.07 Å². The van der Waals surface area contributed by atoms with E-state index in [0.717, 1.165) is 4.52 Å². The molecule has 0 aliphatic carbocycles. The Morgan fingerprint density at radius 1 is 1.31 bits per heavy atom. The van der Waals surface area contributed by atoms with Gasteiger partial charge in [0.25, 0.3) is 12.2 Å². The largest absolute Gasteiger partial charge is 0.493 e. The van der Waals surface area contributed by atoms with Gasteiger partial charge in [0.2, 0.25) is 11.7 Å². The van der Waals surface area contributed by atoms with Crippen molar-refractivity contribution in [2.24, 2.45) is 0 Å². The van der Waals surface area contributed by atoms with Crippen molar-refractivity contribution in [1.29, 1.82) is 0 Å². The molecule has 0 aromatic carbocycles. The molecule has 5 nitrogen and oxygen atoms in total. The second-order valence-electron chi connectivity index (χ2n) is 3.68. The summed E-state index contributed by atoms with van der Waals surface area (Å²) in [5.74, 6) is -0.821. The first-order chi connectivity index (χ1) is 7.49. The number of halogens is 2. The highest BCUT2D eigenvalue weighted by molar-refractivity contribution is 5.34. The normalized spacial score (nSPS) is 11.9. The lowest BCUT2D eigenvalue weighted by Gasteiger charge is -2.04. The van der Waals surface area contributed by atoms with Crippen LogP contribution in [0.2, 0.25) is 0 Å². The zero-order valence-electron chi connectivity index (χ0n) is 8.72. The van der Waals surface area contributed by atoms with Crippen LogP contribution in [0.3, 0.4) is 0 Å². The zero-order chi connectivity index (χ0) is 11.9. The Bertz CT molecular complexity index is 523. The van der Waals surface area contributed by atoms with Gasteiger partial charge in [-0.15, -0.1) is 5.10 Å². The minimum absolute atomic E-state index is 0.0148. The first-order valence-electron chi connectivity index (χ1n) is 4.73. The molecular formula is C9H10F2N4O. The lowest BCUT2D eigenvalue weighted by atomic mass is 10.1. The van der Waals surface area contributed by atoms with Crippen LogP contribution < -0.4 is 0 Å². The molecule has 0 amide bonds. The summed E-state index contributed by atoms with van der Waals surface area (Å²) in [7, 11) is 0. The van der Waals surface area contributed by atoms with E-state index < -0.39 is 12.2 Å². The molecule has 0 fully saturated rings. The molecule has 2 rings (SSSR count). The summed E-state index contributed by atoms with van der Waals surface area (Å²) in [5.41, 5.74) is 0.582. The van der Waals surface area contributed by atoms with Gasteiger partial charge >= 0.3 is 0 Å². The van der Waals surface area contributed by atoms with E-state index in [1.807, 2.05) is 13.8 Å². The fraction of sp³-hybridized carbons (Fsp3) is 0.444. The van der Waals surface area contributed by atoms with Crippen molar-refractivity contribution >= 4 is 5.78 Å². The van der Waals surface area contributed by atoms with Crippen molar-refractivity contribution in [3.8, 4) is 5.88 Å². The Balaban J connectivity index is 2.63. The van der Waals surface area contributed by atoms with E-state index in [4.69, 9.17) is 0 Å². The highest BCUT2D eigenvalue weighted by atomic mass is 19.3. The number of aromatic nitrogens is 4. The molecule has 2 heterocycles. The van der Waals surface area contributed by atoms with Gasteiger partial charge < -0.3 is 5.11 Å². The predicted molar refractivity (Wildman–Crippen MR) is 51.5 cm³/mol. The second-order valence-corrected chi connectivity index (χ2v) is 3.68. The minimum atomic E-state index is -2.77. The highest BCUT2D eigenvalue weighted by Gasteiger charge is 2.17. The average Bonchev–Trinajstić information content (AvgIpc) is 2.61. The maximum Gasteiger partial charge on any atom is 0.299 e. The number of hydrogen-bond donors (Lipinski definition) is 1. The van der Waals surface area contributed by atoms with Crippen LogP contribution in [0.5, 0.6) is 5.88 Å². The quantitative estimate of drug-likeness (QED) is 0.852. The Labute approximate surface area is 89.8 Å². The van der Waals surface area contributed by atoms with Gasteiger partial charge in [0.1, 0.15) is 0 Å². The van der Waals surface area contributed by atoms with E-state index in [9.17, 15) is 13.9 Å². The molecule has 0 aliphatic heterocycles. The van der Waals surface area contributed by atoms with Gasteiger partial charge in [0.05, 0.1) is 5.69 Å². The molecule has 2 aromatic heterocycles. The van der Waals surface area contributed by atoms with E-state index >= 15 is 0 Å². The van der Waals surface area contributed by atoms with Crippen LogP contribution in [0.25, 0.3) is 5.78 Å². The summed E-state index contributed by atoms with van der Waals surface area (Å²) >= 11 is 0. The Hall–Kier alpha value is -1.79. The van der Waals surface area contributed by atoms with Crippen molar-refractivity contribution in [3.63, 3.8) is 0 Å². The summed E-state index contributed by atoms with van der Waals surface area (Å²) in [6, 6.07) is 1.39. The van der Waals surface area contributed by atoms with Crippen LogP contribution >= 0.6 is 0 Å². The van der Waals surface area contributed by atoms with E-state index in [2.05, 4.69) is 15.1 Å². The monoisotopic (exact) mass is 228 g/mol. The number of alkyl halides is 2. The van der Waals surface area contributed by atoms with Crippen molar-refractivity contribution in [3.05, 3.63) is 17.6 Å². The molecule has 0 saturated carbocycles. The fourth-order valence-corrected chi connectivity index (χ4v) is 1.27. The van der Waals surface area contributed by atoms with Gasteiger partial charge in [-0.25, -0.2) is 13.8 Å². The van der Waals surface area contributed by atoms with Crippen molar-refractivity contribution in [2.75, 3.05) is 0 Å². The average molecular weight is 228 g/mol. The van der Waals surface area contributed by atoms with Gasteiger partial charge in [-0.05, 0) is 5.92 Å². The topological polar surface area (TPSA) is 63.3 Å². The molecule has 0 spiro atoms. The third kappa shape index (κ3) is 1.68. The van der Waals surface area contributed by atoms with Crippen LogP contribution in [0.1, 0.15) is 37.7 Å². The molecule has 0 bridgehead atoms. The molecule has 1 N–H and O–H groups in total. The summed E-state index contributed by atoms with van der Waals surface area (Å²) in [6.07, 6.45) is -2.77. The summed E-state index contributed by atoms with van der Waals surface area (Å²) in [5, 5.41) is 13.0. The van der Waals surface area contributed by atoms with Gasteiger partial charge in [-0.3, -0.25) is 0 Å². The molecule has 7 heteroatoms. The lowest BCUT2D eigenvalue weighted by Crippen LogP contribution is -1.98. The predicted octanol–water partition coefficient (Wildman–Crippen LogP) is 1.89. The van der Waals surface area contributed by atoms with Crippen LogP contribution in [0, 0.1) is 0 Å². The Morgan fingerprint density at radius 2 is 2.00 bits per heavy atom. The zero-order valence-corrected chi connectivity index (χ0v) is 8.72. The maximum absolute atomic E-state index is 12.3. The van der Waals surface area contributed by atoms with Crippen LogP contribution in [-0.2, 0) is 0 Å². The summed E-state index contributed by atoms with van der Waals surface area (Å²) < 4.78 is 25.6. The van der Waals surface area contributed by atoms with Crippen molar-refractivity contribution in [1.82, 2.24) is 19.6 Å². The number of hydrogen-bond acceptors (Lipinski definition) is 4. The standard InChI is InChI=1S/C9H10F2N4O/c1-4(2)5-3-6(16)15-9(12-5)13-8(14-15)7(10)11/h3-4,7,16H,1-2H3. The highest BCUT2D eigenvalue weighted by Crippen LogP contribution is 2.21. The van der Waals surface area contributed by atoms with Crippen LogP contribution in [0.15, 0.2) is 6.07 Å². The summed E-state index contributed by atoms with van der Waals surface area (Å²) in [6.45, 7) is 3.76. The molecule has 2 aromatic rings. The first-order valence-corrected chi connectivity index (χ1v) is 4.73. The number of aromatic hydroxyl groups is 1. The Morgan fingerprint density at radius 3 is 2.56 bits per heavy atom. The molecule has 0 atom stereocenters. The fourth-order valence-electron chi connectivity index (χ4n) is 1.27. The number of fused-ring (bicyclic) bond motifs is 1. The molecule has 0 aliphatic rings. The number of rotatable bonds is 2. The third-order valence-electron chi connectivity index (χ3n) is 2.12. The molecular weight excluding hydrogens is 218 g/mol. The smallest absolute Gasteiger partial charge is 0.299 e. The first kappa shape index (κ1) is 10.7. The van der Waals surface area contributed by atoms with Gasteiger partial charge in [0.15, 0.2) is 0 Å². The second kappa shape index (κ2) is 3.66. The third-order valence-corrected chi connectivity index (χ3v) is 2.12. The van der Waals surface area contributed by atoms with E-state index in [-0.39, 0.29) is 17.6 Å². The Kier molecular flexibility index (Phi) is 2.45. The maximum atomic E-state index is 12.3. The SMILES string of the molecule is CC(C)c1cc(O)n2nc(C(F)F)nc2n1. The number of nitrogens with zero attached hydrogens (tertiary/aromatic N) is 4. The van der Waals surface area contributed by atoms with Crippen molar-refractivity contribution < 1.29 is 13.9 Å². The molecule has 86 valence electrons. The minimum Gasteiger partial charge on any atom is -0.493 e. The van der Waals surface area contributed by atoms with E-state index in [1.54, 1.807) is 0 Å². The van der Waals surface area contributed by atoms with Crippen LogP contribution in [0.4, 0.5) is 8.78 Å². The molecule has 16 heavy (non-hydrogen) atoms. The van der Waals surface area contributed by atoms with Crippen LogP contribution in [-0.4, -0.2) is 24.7 Å². The summed E-state index contributed by atoms with van der Waals surface area (Å²) in [4.78, 5) is 7.58. The van der Waals surface area contributed by atoms with Gasteiger partial charge in [-0.2, -0.15) is 9.50 Å². The molecule has 0 saturated heterocycles. The van der Waals surface area contributed by atoms with E-state index in [1.165, 1.54) is 6.07 Å². The van der Waals surface area contributed by atoms with Gasteiger partial charge in [-0.1, -0.05) is 13.8 Å².